The van der Waals surface area contributed by atoms with Crippen LogP contribution in [0.5, 0.6) is 0 Å². The highest BCUT2D eigenvalue weighted by Crippen LogP contribution is 2.68. The van der Waals surface area contributed by atoms with Crippen LogP contribution in [0.4, 0.5) is 0 Å². The van der Waals surface area contributed by atoms with E-state index in [1.165, 1.54) is 9.80 Å². The number of rotatable bonds is 0. The molecule has 8 nitrogen and oxygen atoms in total. The second-order valence-electron chi connectivity index (χ2n) is 18.3. The zero-order valence-electron chi connectivity index (χ0n) is 32.2. The maximum Gasteiger partial charge on any atom is 0.236 e. The second-order valence-corrected chi connectivity index (χ2v) is 22.3. The number of halogens is 6. The van der Waals surface area contributed by atoms with E-state index in [0.717, 1.165) is 65.7 Å². The fourth-order valence-electron chi connectivity index (χ4n) is 11.0. The molecular formula is C43H42Cl6N2O6. The molecule has 57 heavy (non-hydrogen) atoms. The summed E-state index contributed by atoms with van der Waals surface area (Å²) in [5, 5.41) is 6.51. The standard InChI is InChI=1S/C41H40N2O6.2CHCl3/c1-40(2,3)16-12-18-22-19(13-16)25-27-21-15-17(41(4,5)6)14-20(23(21)22)26-24(18)32-28-30(34(26)48-32)38(46)42(36(28)44)10-8-7-9-11-43-37(45)29-31(39(43)47)35(27)49-33(25)29;2*2-1(3)4/h12-15,28-35H,7-11H2,1-6H3;2*1H/t28-,29+,30+,31-,32-,33+,34+,35-;;. The average Bonchev–Trinajstić information content (AvgIpc) is 3.94. The van der Waals surface area contributed by atoms with Gasteiger partial charge in [0, 0.05) is 13.1 Å². The number of amides is 4. The van der Waals surface area contributed by atoms with Gasteiger partial charge >= 0.3 is 0 Å². The molecule has 0 N–H and O–H groups in total. The molecule has 0 saturated carbocycles. The van der Waals surface area contributed by atoms with Crippen molar-refractivity contribution in [3.8, 4) is 0 Å². The smallest absolute Gasteiger partial charge is 0.236 e. The van der Waals surface area contributed by atoms with E-state index >= 15 is 0 Å². The number of imide groups is 2. The first-order chi connectivity index (χ1) is 26.7. The molecule has 4 aromatic carbocycles. The molecule has 0 unspecified atom stereocenters. The minimum absolute atomic E-state index is 0.128. The van der Waals surface area contributed by atoms with Crippen LogP contribution in [-0.4, -0.2) is 55.1 Å². The van der Waals surface area contributed by atoms with Gasteiger partial charge in [-0.2, -0.15) is 0 Å². The third-order valence-electron chi connectivity index (χ3n) is 13.3. The fourth-order valence-corrected chi connectivity index (χ4v) is 11.0. The summed E-state index contributed by atoms with van der Waals surface area (Å²) >= 11 is 28.8. The zero-order chi connectivity index (χ0) is 40.9. The number of nitrogens with zero attached hydrogens (tertiary/aromatic N) is 2. The van der Waals surface area contributed by atoms with Gasteiger partial charge in [0.2, 0.25) is 23.6 Å². The SMILES string of the molecule is CC(C)(C)c1cc2c3c4c5cc(C(C)(C)C)cc6c7c(c(c1)c2c65)[C@@H]1O[C@H]7[C@@H]2C(=O)N(CCCCCN5C(=O)[C@@H]6[C@H](C5=O)[C@H]4O[C@H]36)C(=O)[C@@H]21.ClC(Cl)Cl.ClC(Cl)Cl. The molecule has 8 atom stereocenters. The van der Waals surface area contributed by atoms with E-state index in [1.54, 1.807) is 0 Å². The third kappa shape index (κ3) is 5.81. The number of fused-ring (bicyclic) bond motifs is 4. The second kappa shape index (κ2) is 13.7. The molecule has 302 valence electrons. The molecule has 0 radical (unpaired) electrons. The molecule has 8 heterocycles. The van der Waals surface area contributed by atoms with E-state index < -0.39 is 56.7 Å². The monoisotopic (exact) mass is 892 g/mol. The predicted octanol–water partition coefficient (Wildman–Crippen LogP) is 10.8. The zero-order valence-corrected chi connectivity index (χ0v) is 36.8. The maximum absolute atomic E-state index is 14.2. The first-order valence-corrected chi connectivity index (χ1v) is 22.1. The Morgan fingerprint density at radius 3 is 0.965 bits per heavy atom. The van der Waals surface area contributed by atoms with Crippen molar-refractivity contribution >= 4 is 126 Å². The van der Waals surface area contributed by atoms with Crippen LogP contribution in [0.1, 0.15) is 119 Å². The van der Waals surface area contributed by atoms with Crippen LogP contribution in [0, 0.1) is 23.7 Å². The van der Waals surface area contributed by atoms with Gasteiger partial charge in [0.25, 0.3) is 0 Å². The van der Waals surface area contributed by atoms with Crippen molar-refractivity contribution in [1.29, 1.82) is 0 Å². The Hall–Kier alpha value is -2.14. The molecule has 8 aliphatic rings. The van der Waals surface area contributed by atoms with Gasteiger partial charge < -0.3 is 9.47 Å². The molecule has 20 bridgehead atoms. The molecule has 8 aliphatic heterocycles. The molecule has 4 aromatic rings. The summed E-state index contributed by atoms with van der Waals surface area (Å²) in [6, 6.07) is 9.18. The maximum atomic E-state index is 14.2. The van der Waals surface area contributed by atoms with Crippen molar-refractivity contribution in [3.63, 3.8) is 0 Å². The van der Waals surface area contributed by atoms with Crippen molar-refractivity contribution in [2.45, 2.75) is 105 Å². The lowest BCUT2D eigenvalue weighted by Crippen LogP contribution is -2.34. The topological polar surface area (TPSA) is 93.2 Å². The fraction of sp³-hybridized carbons (Fsp3) is 0.535. The van der Waals surface area contributed by atoms with Gasteiger partial charge in [-0.15, -0.1) is 0 Å². The number of hydrogen-bond donors (Lipinski definition) is 0. The number of benzene rings is 4. The molecular weight excluding hydrogens is 853 g/mol. The molecule has 4 amide bonds. The van der Waals surface area contributed by atoms with Gasteiger partial charge in [-0.05, 0) is 95.8 Å². The lowest BCUT2D eigenvalue weighted by atomic mass is 9.68. The highest BCUT2D eigenvalue weighted by molar-refractivity contribution is 6.63. The van der Waals surface area contributed by atoms with E-state index in [2.05, 4.69) is 65.8 Å². The van der Waals surface area contributed by atoms with Crippen LogP contribution in [-0.2, 0) is 39.5 Å². The van der Waals surface area contributed by atoms with E-state index in [0.29, 0.717) is 32.4 Å². The largest absolute Gasteiger partial charge is 0.364 e. The van der Waals surface area contributed by atoms with Crippen molar-refractivity contribution < 1.29 is 28.7 Å². The Kier molecular flexibility index (Phi) is 9.67. The van der Waals surface area contributed by atoms with E-state index in [4.69, 9.17) is 79.1 Å². The lowest BCUT2D eigenvalue weighted by Gasteiger charge is -2.32. The minimum atomic E-state index is -0.750. The Morgan fingerprint density at radius 2 is 0.737 bits per heavy atom. The van der Waals surface area contributed by atoms with Crippen molar-refractivity contribution in [3.05, 3.63) is 57.6 Å². The average molecular weight is 896 g/mol. The summed E-state index contributed by atoms with van der Waals surface area (Å²) < 4.78 is 12.2. The number of ether oxygens (including phenoxy) is 2. The summed E-state index contributed by atoms with van der Waals surface area (Å²) in [5.41, 5.74) is 6.09. The van der Waals surface area contributed by atoms with Crippen LogP contribution in [0.25, 0.3) is 32.3 Å². The normalized spacial score (nSPS) is 29.6. The van der Waals surface area contributed by atoms with E-state index in [-0.39, 0.29) is 34.5 Å². The summed E-state index contributed by atoms with van der Waals surface area (Å²) in [6.07, 6.45) is -0.0270. The number of hydrogen-bond acceptors (Lipinski definition) is 6. The predicted molar refractivity (Wildman–Crippen MR) is 225 cm³/mol. The number of carbonyl (C=O) groups excluding carboxylic acids is 4. The van der Waals surface area contributed by atoms with Gasteiger partial charge in [-0.1, -0.05) is 135 Å². The summed E-state index contributed by atoms with van der Waals surface area (Å²) in [5.74, 6) is -2.63. The van der Waals surface area contributed by atoms with Crippen LogP contribution in [0.3, 0.4) is 0 Å². The summed E-state index contributed by atoms with van der Waals surface area (Å²) in [7, 11) is 0. The van der Waals surface area contributed by atoms with Gasteiger partial charge in [0.15, 0.2) is 8.59 Å². The van der Waals surface area contributed by atoms with Crippen molar-refractivity contribution in [2.75, 3.05) is 13.1 Å². The van der Waals surface area contributed by atoms with Crippen LogP contribution >= 0.6 is 69.6 Å². The molecule has 0 aromatic heterocycles. The molecule has 12 rings (SSSR count). The van der Waals surface area contributed by atoms with Crippen LogP contribution in [0.15, 0.2) is 24.3 Å². The van der Waals surface area contributed by atoms with Crippen molar-refractivity contribution in [1.82, 2.24) is 9.80 Å². The first kappa shape index (κ1) is 40.3. The Balaban J connectivity index is 0.000000487. The third-order valence-corrected chi connectivity index (χ3v) is 13.3. The van der Waals surface area contributed by atoms with Gasteiger partial charge in [-0.25, -0.2) is 0 Å². The van der Waals surface area contributed by atoms with E-state index in [9.17, 15) is 19.2 Å². The molecule has 0 aliphatic carbocycles. The minimum Gasteiger partial charge on any atom is -0.364 e. The summed E-state index contributed by atoms with van der Waals surface area (Å²) in [6.45, 7) is 13.9. The van der Waals surface area contributed by atoms with Crippen molar-refractivity contribution in [2.24, 2.45) is 23.7 Å². The highest BCUT2D eigenvalue weighted by Gasteiger charge is 2.67. The molecule has 14 heteroatoms. The number of alkyl halides is 6. The molecule has 0 spiro atoms. The van der Waals surface area contributed by atoms with Crippen LogP contribution < -0.4 is 0 Å². The van der Waals surface area contributed by atoms with Crippen LogP contribution in [0.2, 0.25) is 0 Å². The first-order valence-electron chi connectivity index (χ1n) is 19.5. The molecule has 4 fully saturated rings. The number of carbonyl (C=O) groups is 4. The van der Waals surface area contributed by atoms with Gasteiger partial charge in [0.05, 0.1) is 48.1 Å². The van der Waals surface area contributed by atoms with E-state index in [1.807, 2.05) is 0 Å². The molecule has 4 saturated heterocycles. The summed E-state index contributed by atoms with van der Waals surface area (Å²) in [4.78, 5) is 59.6. The van der Waals surface area contributed by atoms with Gasteiger partial charge in [-0.3, -0.25) is 29.0 Å². The van der Waals surface area contributed by atoms with Gasteiger partial charge in [0.1, 0.15) is 0 Å². The lowest BCUT2D eigenvalue weighted by molar-refractivity contribution is -0.144. The Bertz CT molecular complexity index is 2120. The highest BCUT2D eigenvalue weighted by atomic mass is 35.6. The Labute approximate surface area is 360 Å². The quantitative estimate of drug-likeness (QED) is 0.0992. The Morgan fingerprint density at radius 1 is 0.491 bits per heavy atom.